The van der Waals surface area contributed by atoms with Gasteiger partial charge in [0.1, 0.15) is 48.8 Å². The molecule has 76 heavy (non-hydrogen) atoms. The molecule has 0 radical (unpaired) electrons. The van der Waals surface area contributed by atoms with Crippen LogP contribution in [-0.4, -0.2) is 140 Å². The van der Waals surface area contributed by atoms with Gasteiger partial charge in [0.05, 0.1) is 32.0 Å². The van der Waals surface area contributed by atoms with Gasteiger partial charge >= 0.3 is 0 Å². The third-order valence-corrected chi connectivity index (χ3v) is 16.0. The smallest absolute Gasteiger partial charge is 0.220 e. The zero-order valence-electron chi connectivity index (χ0n) is 48.5. The van der Waals surface area contributed by atoms with Gasteiger partial charge in [-0.25, -0.2) is 0 Å². The minimum Gasteiger partial charge on any atom is -0.394 e. The fraction of sp³-hybridized carbons (Fsp3) is 0.952. The maximum absolute atomic E-state index is 13.0. The van der Waals surface area contributed by atoms with Gasteiger partial charge in [-0.1, -0.05) is 276 Å². The minimum atomic E-state index is -1.78. The van der Waals surface area contributed by atoms with Crippen LogP contribution < -0.4 is 5.32 Å². The second-order valence-electron chi connectivity index (χ2n) is 22.9. The number of rotatable bonds is 52. The monoisotopic (exact) mass is 1090 g/mol. The second kappa shape index (κ2) is 48.4. The van der Waals surface area contributed by atoms with Crippen LogP contribution in [0.2, 0.25) is 0 Å². The molecule has 0 bridgehead atoms. The lowest BCUT2D eigenvalue weighted by molar-refractivity contribution is -0.359. The number of carbonyl (C=O) groups excluding carboxylic acids is 1. The van der Waals surface area contributed by atoms with E-state index in [0.717, 1.165) is 32.1 Å². The Labute approximate surface area is 463 Å². The Bertz CT molecular complexity index is 1330. The number of carbonyl (C=O) groups is 1. The van der Waals surface area contributed by atoms with Gasteiger partial charge in [-0.3, -0.25) is 4.79 Å². The highest BCUT2D eigenvalue weighted by Gasteiger charge is 2.51. The van der Waals surface area contributed by atoms with Crippen molar-refractivity contribution in [1.29, 1.82) is 0 Å². The molecule has 0 aromatic rings. The Morgan fingerprint density at radius 3 is 1.18 bits per heavy atom. The third-order valence-electron chi connectivity index (χ3n) is 16.0. The van der Waals surface area contributed by atoms with Crippen LogP contribution in [0.15, 0.2) is 12.2 Å². The first-order chi connectivity index (χ1) is 37.1. The predicted molar refractivity (Wildman–Crippen MR) is 305 cm³/mol. The molecule has 14 nitrogen and oxygen atoms in total. The van der Waals surface area contributed by atoms with Crippen molar-refractivity contribution in [1.82, 2.24) is 5.32 Å². The topological polar surface area (TPSA) is 228 Å². The van der Waals surface area contributed by atoms with E-state index in [2.05, 4.69) is 12.2 Å². The van der Waals surface area contributed by atoms with E-state index in [-0.39, 0.29) is 18.9 Å². The Kier molecular flexibility index (Phi) is 45.1. The number of nitrogens with one attached hydrogen (secondary N) is 1. The van der Waals surface area contributed by atoms with Gasteiger partial charge in [0.15, 0.2) is 12.6 Å². The summed E-state index contributed by atoms with van der Waals surface area (Å²) < 4.78 is 22.5. The Hall–Kier alpha value is -1.27. The number of allylic oxidation sites excluding steroid dienone is 1. The summed E-state index contributed by atoms with van der Waals surface area (Å²) in [7, 11) is 0. The molecule has 12 unspecified atom stereocenters. The normalized spacial score (nSPS) is 24.9. The molecular formula is C62H119NO13. The fourth-order valence-electron chi connectivity index (χ4n) is 10.8. The summed E-state index contributed by atoms with van der Waals surface area (Å²) in [5, 5.41) is 86.0. The van der Waals surface area contributed by atoms with Gasteiger partial charge < -0.3 is 65.1 Å². The molecule has 2 saturated heterocycles. The first-order valence-corrected chi connectivity index (χ1v) is 31.9. The molecule has 14 heteroatoms. The van der Waals surface area contributed by atoms with E-state index in [9.17, 15) is 45.6 Å². The molecule has 1 amide bonds. The SMILES string of the molecule is CCC/C=C/C(O)C(COC1OC(CO)C(OC2OC(CO)C(O)C(O)C2O)C(O)C1O)NC(=O)CCCCCCCCCCCCCCCCCCCCCCCCCCCCCCCCCCCCCCCCC. The van der Waals surface area contributed by atoms with Gasteiger partial charge in [0.25, 0.3) is 0 Å². The van der Waals surface area contributed by atoms with Crippen molar-refractivity contribution in [2.24, 2.45) is 0 Å². The van der Waals surface area contributed by atoms with Crippen molar-refractivity contribution in [3.63, 3.8) is 0 Å². The molecule has 9 N–H and O–H groups in total. The lowest BCUT2D eigenvalue weighted by Crippen LogP contribution is -2.65. The van der Waals surface area contributed by atoms with E-state index < -0.39 is 86.8 Å². The standard InChI is InChI=1S/C62H119NO13/c1-3-5-7-8-9-10-11-12-13-14-15-16-17-18-19-20-21-22-23-24-25-26-27-28-29-30-31-32-33-34-35-36-37-38-39-40-41-42-44-46-54(67)63-50(51(66)45-43-6-4-2)49-73-61-59(72)57(70)60(53(48-65)75-61)76-62-58(71)56(69)55(68)52(47-64)74-62/h43,45,50-53,55-62,64-66,68-72H,3-42,44,46-49H2,1-2H3,(H,63,67)/b45-43+. The zero-order chi connectivity index (χ0) is 55.3. The van der Waals surface area contributed by atoms with Gasteiger partial charge in [-0.2, -0.15) is 0 Å². The summed E-state index contributed by atoms with van der Waals surface area (Å²) in [6.45, 7) is 2.59. The first-order valence-electron chi connectivity index (χ1n) is 31.9. The van der Waals surface area contributed by atoms with Gasteiger partial charge in [0, 0.05) is 6.42 Å². The molecule has 2 aliphatic heterocycles. The average Bonchev–Trinajstić information content (AvgIpc) is 3.42. The van der Waals surface area contributed by atoms with Crippen molar-refractivity contribution in [2.45, 2.75) is 357 Å². The number of amides is 1. The van der Waals surface area contributed by atoms with Crippen molar-refractivity contribution in [2.75, 3.05) is 19.8 Å². The summed E-state index contributed by atoms with van der Waals surface area (Å²) in [5.41, 5.74) is 0. The van der Waals surface area contributed by atoms with Crippen molar-refractivity contribution in [3.8, 4) is 0 Å². The van der Waals surface area contributed by atoms with E-state index in [1.165, 1.54) is 225 Å². The van der Waals surface area contributed by atoms with Crippen molar-refractivity contribution >= 4 is 5.91 Å². The quantitative estimate of drug-likeness (QED) is 0.0204. The lowest BCUT2D eigenvalue weighted by Gasteiger charge is -2.46. The Balaban J connectivity index is 1.41. The molecule has 2 rings (SSSR count). The lowest BCUT2D eigenvalue weighted by atomic mass is 9.97. The van der Waals surface area contributed by atoms with E-state index in [1.54, 1.807) is 6.08 Å². The summed E-state index contributed by atoms with van der Waals surface area (Å²) >= 11 is 0. The summed E-state index contributed by atoms with van der Waals surface area (Å²) in [6.07, 6.45) is 41.6. The highest BCUT2D eigenvalue weighted by atomic mass is 16.7. The van der Waals surface area contributed by atoms with E-state index in [1.807, 2.05) is 13.0 Å². The second-order valence-corrected chi connectivity index (χ2v) is 22.9. The predicted octanol–water partition coefficient (Wildman–Crippen LogP) is 11.5. The molecule has 0 saturated carbocycles. The fourth-order valence-corrected chi connectivity index (χ4v) is 10.8. The van der Waals surface area contributed by atoms with Crippen LogP contribution >= 0.6 is 0 Å². The molecule has 0 aliphatic carbocycles. The number of unbranched alkanes of at least 4 members (excludes halogenated alkanes) is 39. The largest absolute Gasteiger partial charge is 0.394 e. The van der Waals surface area contributed by atoms with Crippen molar-refractivity contribution < 1.29 is 64.6 Å². The van der Waals surface area contributed by atoms with Gasteiger partial charge in [0.2, 0.25) is 5.91 Å². The molecule has 2 aliphatic rings. The molecule has 2 fully saturated rings. The molecular weight excluding hydrogens is 967 g/mol. The molecule has 450 valence electrons. The number of aliphatic hydroxyl groups excluding tert-OH is 8. The van der Waals surface area contributed by atoms with Crippen LogP contribution in [0.1, 0.15) is 284 Å². The molecule has 12 atom stereocenters. The summed E-state index contributed by atoms with van der Waals surface area (Å²) in [5.74, 6) is -0.246. The molecule has 0 aromatic heterocycles. The molecule has 0 aromatic carbocycles. The maximum Gasteiger partial charge on any atom is 0.220 e. The van der Waals surface area contributed by atoms with Crippen molar-refractivity contribution in [3.05, 3.63) is 12.2 Å². The average molecular weight is 1090 g/mol. The van der Waals surface area contributed by atoms with Crippen LogP contribution in [0.5, 0.6) is 0 Å². The number of hydrogen-bond acceptors (Lipinski definition) is 13. The maximum atomic E-state index is 13.0. The van der Waals surface area contributed by atoms with Gasteiger partial charge in [-0.05, 0) is 12.8 Å². The zero-order valence-corrected chi connectivity index (χ0v) is 48.5. The van der Waals surface area contributed by atoms with Crippen LogP contribution in [0.3, 0.4) is 0 Å². The minimum absolute atomic E-state index is 0.246. The molecule has 2 heterocycles. The summed E-state index contributed by atoms with van der Waals surface area (Å²) in [6, 6.07) is -0.906. The van der Waals surface area contributed by atoms with Crippen LogP contribution in [0.4, 0.5) is 0 Å². The first kappa shape index (κ1) is 70.8. The van der Waals surface area contributed by atoms with Crippen LogP contribution in [0, 0.1) is 0 Å². The highest BCUT2D eigenvalue weighted by Crippen LogP contribution is 2.30. The Morgan fingerprint density at radius 2 is 0.816 bits per heavy atom. The Morgan fingerprint density at radius 1 is 0.461 bits per heavy atom. The third kappa shape index (κ3) is 33.5. The number of ether oxygens (including phenoxy) is 4. The number of hydrogen-bond donors (Lipinski definition) is 9. The number of aliphatic hydroxyl groups is 8. The highest BCUT2D eigenvalue weighted by molar-refractivity contribution is 5.76. The van der Waals surface area contributed by atoms with E-state index >= 15 is 0 Å². The van der Waals surface area contributed by atoms with Crippen LogP contribution in [0.25, 0.3) is 0 Å². The van der Waals surface area contributed by atoms with Gasteiger partial charge in [-0.15, -0.1) is 0 Å². The molecule has 0 spiro atoms. The van der Waals surface area contributed by atoms with E-state index in [0.29, 0.717) is 6.42 Å². The van der Waals surface area contributed by atoms with Crippen LogP contribution in [-0.2, 0) is 23.7 Å². The summed E-state index contributed by atoms with van der Waals surface area (Å²) in [4.78, 5) is 13.0. The van der Waals surface area contributed by atoms with E-state index in [4.69, 9.17) is 18.9 Å².